The van der Waals surface area contributed by atoms with Gasteiger partial charge in [0.25, 0.3) is 5.56 Å². The molecule has 0 saturated carbocycles. The molecule has 29 heavy (non-hydrogen) atoms. The molecule has 2 aromatic carbocycles. The van der Waals surface area contributed by atoms with Crippen LogP contribution in [0, 0.1) is 5.82 Å². The SMILES string of the molecule is O=c1c2c(-c3ccc(F)cc3)c3c(nc2nc2[nH]ncn12)-c1ccccc1CC3. The first-order valence-electron chi connectivity index (χ1n) is 9.33. The zero-order chi connectivity index (χ0) is 19.5. The molecule has 1 N–H and O–H groups in total. The number of aromatic amines is 1. The van der Waals surface area contributed by atoms with Crippen LogP contribution in [0.15, 0.2) is 59.7 Å². The van der Waals surface area contributed by atoms with Gasteiger partial charge < -0.3 is 0 Å². The van der Waals surface area contributed by atoms with Crippen LogP contribution in [0.2, 0.25) is 0 Å². The number of hydrogen-bond donors (Lipinski definition) is 1. The van der Waals surface area contributed by atoms with Crippen LogP contribution in [0.1, 0.15) is 11.1 Å². The van der Waals surface area contributed by atoms with Crippen molar-refractivity contribution in [2.45, 2.75) is 12.8 Å². The molecule has 140 valence electrons. The van der Waals surface area contributed by atoms with E-state index in [1.54, 1.807) is 12.1 Å². The minimum absolute atomic E-state index is 0.243. The Labute approximate surface area is 163 Å². The van der Waals surface area contributed by atoms with Crippen LogP contribution in [0.3, 0.4) is 0 Å². The fraction of sp³-hybridized carbons (Fsp3) is 0.0909. The maximum atomic E-state index is 13.6. The van der Waals surface area contributed by atoms with Gasteiger partial charge in [-0.2, -0.15) is 10.1 Å². The third-order valence-electron chi connectivity index (χ3n) is 5.54. The second-order valence-electron chi connectivity index (χ2n) is 7.14. The number of benzene rings is 2. The van der Waals surface area contributed by atoms with Gasteiger partial charge in [0.15, 0.2) is 5.65 Å². The van der Waals surface area contributed by atoms with E-state index in [4.69, 9.17) is 4.98 Å². The summed E-state index contributed by atoms with van der Waals surface area (Å²) in [6.07, 6.45) is 3.01. The summed E-state index contributed by atoms with van der Waals surface area (Å²) in [7, 11) is 0. The predicted octanol–water partition coefficient (Wildman–Crippen LogP) is 3.54. The lowest BCUT2D eigenvalue weighted by atomic mass is 9.84. The fourth-order valence-corrected chi connectivity index (χ4v) is 4.23. The lowest BCUT2D eigenvalue weighted by molar-refractivity contribution is 0.628. The Balaban J connectivity index is 1.82. The molecule has 5 aromatic rings. The Morgan fingerprint density at radius 1 is 1.00 bits per heavy atom. The summed E-state index contributed by atoms with van der Waals surface area (Å²) in [6.45, 7) is 0. The van der Waals surface area contributed by atoms with Crippen LogP contribution < -0.4 is 5.56 Å². The highest BCUT2D eigenvalue weighted by atomic mass is 19.1. The van der Waals surface area contributed by atoms with Crippen LogP contribution in [-0.4, -0.2) is 24.6 Å². The lowest BCUT2D eigenvalue weighted by Crippen LogP contribution is -2.18. The molecule has 3 heterocycles. The van der Waals surface area contributed by atoms with Gasteiger partial charge in [-0.1, -0.05) is 36.4 Å². The average molecular weight is 383 g/mol. The fourth-order valence-electron chi connectivity index (χ4n) is 4.23. The van der Waals surface area contributed by atoms with Crippen molar-refractivity contribution < 1.29 is 4.39 Å². The molecule has 3 aromatic heterocycles. The molecule has 0 radical (unpaired) electrons. The predicted molar refractivity (Wildman–Crippen MR) is 107 cm³/mol. The zero-order valence-electron chi connectivity index (χ0n) is 15.2. The van der Waals surface area contributed by atoms with E-state index in [9.17, 15) is 9.18 Å². The first-order chi connectivity index (χ1) is 14.2. The molecule has 0 saturated heterocycles. The number of aromatic nitrogens is 5. The number of rotatable bonds is 1. The van der Waals surface area contributed by atoms with E-state index in [1.807, 2.05) is 18.2 Å². The Hall–Kier alpha value is -3.87. The van der Waals surface area contributed by atoms with Crippen molar-refractivity contribution in [1.29, 1.82) is 0 Å². The molecule has 0 aliphatic heterocycles. The summed E-state index contributed by atoms with van der Waals surface area (Å²) in [5.74, 6) is 0.0162. The minimum atomic E-state index is -0.321. The van der Waals surface area contributed by atoms with Gasteiger partial charge in [-0.15, -0.1) is 0 Å². The zero-order valence-corrected chi connectivity index (χ0v) is 15.2. The summed E-state index contributed by atoms with van der Waals surface area (Å²) < 4.78 is 15.0. The number of nitrogens with one attached hydrogen (secondary N) is 1. The summed E-state index contributed by atoms with van der Waals surface area (Å²) in [6, 6.07) is 14.4. The number of nitrogens with zero attached hydrogens (tertiary/aromatic N) is 4. The molecular weight excluding hydrogens is 369 g/mol. The van der Waals surface area contributed by atoms with E-state index in [1.165, 1.54) is 28.4 Å². The van der Waals surface area contributed by atoms with Gasteiger partial charge >= 0.3 is 0 Å². The van der Waals surface area contributed by atoms with Crippen molar-refractivity contribution in [3.8, 4) is 22.4 Å². The summed E-state index contributed by atoms with van der Waals surface area (Å²) in [5.41, 5.74) is 5.74. The van der Waals surface area contributed by atoms with E-state index < -0.39 is 0 Å². The number of hydrogen-bond acceptors (Lipinski definition) is 4. The molecule has 0 bridgehead atoms. The highest BCUT2D eigenvalue weighted by Crippen LogP contribution is 2.40. The molecule has 0 unspecified atom stereocenters. The lowest BCUT2D eigenvalue weighted by Gasteiger charge is -2.23. The topological polar surface area (TPSA) is 75.9 Å². The van der Waals surface area contributed by atoms with Gasteiger partial charge in [0.2, 0.25) is 5.78 Å². The molecule has 6 nitrogen and oxygen atoms in total. The van der Waals surface area contributed by atoms with E-state index in [0.717, 1.165) is 40.8 Å². The van der Waals surface area contributed by atoms with Crippen molar-refractivity contribution in [2.24, 2.45) is 0 Å². The first kappa shape index (κ1) is 16.1. The Morgan fingerprint density at radius 2 is 1.83 bits per heavy atom. The third-order valence-corrected chi connectivity index (χ3v) is 5.54. The summed E-state index contributed by atoms with van der Waals surface area (Å²) in [5, 5.41) is 7.09. The Morgan fingerprint density at radius 3 is 2.69 bits per heavy atom. The molecule has 1 aliphatic carbocycles. The van der Waals surface area contributed by atoms with Crippen LogP contribution in [0.4, 0.5) is 4.39 Å². The maximum Gasteiger partial charge on any atom is 0.270 e. The number of aryl methyl sites for hydroxylation is 1. The van der Waals surface area contributed by atoms with Crippen LogP contribution in [0.5, 0.6) is 0 Å². The molecule has 0 amide bonds. The Kier molecular flexibility index (Phi) is 3.23. The highest BCUT2D eigenvalue weighted by molar-refractivity contribution is 5.98. The number of pyridine rings is 1. The molecular formula is C22H14FN5O. The van der Waals surface area contributed by atoms with Crippen LogP contribution >= 0.6 is 0 Å². The van der Waals surface area contributed by atoms with E-state index in [-0.39, 0.29) is 11.4 Å². The maximum absolute atomic E-state index is 13.6. The van der Waals surface area contributed by atoms with Gasteiger partial charge in [0.05, 0.1) is 11.1 Å². The van der Waals surface area contributed by atoms with Crippen molar-refractivity contribution in [3.05, 3.63) is 82.2 Å². The number of fused-ring (bicyclic) bond motifs is 5. The summed E-state index contributed by atoms with van der Waals surface area (Å²) >= 11 is 0. The second-order valence-corrected chi connectivity index (χ2v) is 7.14. The average Bonchev–Trinajstić information content (AvgIpc) is 3.22. The molecule has 0 atom stereocenters. The van der Waals surface area contributed by atoms with Gasteiger partial charge in [-0.3, -0.25) is 4.79 Å². The quantitative estimate of drug-likeness (QED) is 0.480. The molecule has 7 heteroatoms. The Bertz CT molecular complexity index is 1480. The number of halogens is 1. The van der Waals surface area contributed by atoms with E-state index in [2.05, 4.69) is 21.2 Å². The van der Waals surface area contributed by atoms with E-state index in [0.29, 0.717) is 16.8 Å². The van der Waals surface area contributed by atoms with E-state index >= 15 is 0 Å². The second kappa shape index (κ2) is 5.81. The van der Waals surface area contributed by atoms with Crippen molar-refractivity contribution in [1.82, 2.24) is 24.6 Å². The third kappa shape index (κ3) is 2.27. The minimum Gasteiger partial charge on any atom is -0.268 e. The normalized spacial score (nSPS) is 12.9. The van der Waals surface area contributed by atoms with Gasteiger partial charge in [0.1, 0.15) is 12.1 Å². The molecule has 6 rings (SSSR count). The van der Waals surface area contributed by atoms with Gasteiger partial charge in [-0.05, 0) is 41.7 Å². The first-order valence-corrected chi connectivity index (χ1v) is 9.33. The number of H-pyrrole nitrogens is 1. The van der Waals surface area contributed by atoms with Gasteiger partial charge in [-0.25, -0.2) is 18.9 Å². The van der Waals surface area contributed by atoms with Gasteiger partial charge in [0, 0.05) is 11.1 Å². The van der Waals surface area contributed by atoms with Crippen LogP contribution in [-0.2, 0) is 12.8 Å². The molecule has 1 aliphatic rings. The van der Waals surface area contributed by atoms with Crippen LogP contribution in [0.25, 0.3) is 39.2 Å². The molecule has 0 fully saturated rings. The highest BCUT2D eigenvalue weighted by Gasteiger charge is 2.25. The van der Waals surface area contributed by atoms with Crippen molar-refractivity contribution in [2.75, 3.05) is 0 Å². The van der Waals surface area contributed by atoms with Crippen molar-refractivity contribution in [3.63, 3.8) is 0 Å². The van der Waals surface area contributed by atoms with Crippen molar-refractivity contribution >= 4 is 16.8 Å². The monoisotopic (exact) mass is 383 g/mol. The molecule has 0 spiro atoms. The smallest absolute Gasteiger partial charge is 0.268 e. The standard InChI is InChI=1S/C22H14FN5O/c23-14-8-5-13(6-9-14)17-16-10-7-12-3-1-2-4-15(12)19(16)25-20-18(17)21(29)28-11-24-27-22(28)26-20/h1-6,8-9,11H,7,10H2,(H,25,26,27). The summed E-state index contributed by atoms with van der Waals surface area (Å²) in [4.78, 5) is 22.6. The largest absolute Gasteiger partial charge is 0.270 e.